The van der Waals surface area contributed by atoms with Crippen molar-refractivity contribution in [2.75, 3.05) is 24.5 Å². The molecular weight excluding hydrogens is 499 g/mol. The molecule has 4 rings (SSSR count). The summed E-state index contributed by atoms with van der Waals surface area (Å²) in [5.41, 5.74) is 1.07. The Kier molecular flexibility index (Phi) is 7.16. The van der Waals surface area contributed by atoms with E-state index in [4.69, 9.17) is 16.3 Å². The molecule has 0 N–H and O–H groups in total. The first-order valence-electron chi connectivity index (χ1n) is 12.3. The van der Waals surface area contributed by atoms with Gasteiger partial charge in [0.05, 0.1) is 16.8 Å². The van der Waals surface area contributed by atoms with Crippen molar-refractivity contribution in [2.45, 2.75) is 66.0 Å². The summed E-state index contributed by atoms with van der Waals surface area (Å²) in [7, 11) is 0. The van der Waals surface area contributed by atoms with Crippen molar-refractivity contribution in [3.05, 3.63) is 51.0 Å². The Morgan fingerprint density at radius 2 is 1.95 bits per heavy atom. The third-order valence-electron chi connectivity index (χ3n) is 6.23. The summed E-state index contributed by atoms with van der Waals surface area (Å²) in [4.78, 5) is 42.9. The fourth-order valence-electron chi connectivity index (χ4n) is 4.55. The molecule has 0 radical (unpaired) electrons. The lowest BCUT2D eigenvalue weighted by Crippen LogP contribution is -2.55. The Balaban J connectivity index is 1.85. The first kappa shape index (κ1) is 26.8. The monoisotopic (exact) mass is 530 g/mol. The highest BCUT2D eigenvalue weighted by Crippen LogP contribution is 2.32. The molecule has 1 saturated heterocycles. The number of halogens is 2. The minimum atomic E-state index is -0.713. The molecule has 0 aromatic carbocycles. The van der Waals surface area contributed by atoms with Crippen LogP contribution in [0.5, 0.6) is 0 Å². The first-order valence-corrected chi connectivity index (χ1v) is 12.7. The largest absolute Gasteiger partial charge is 0.444 e. The number of hydrogen-bond donors (Lipinski definition) is 0. The topological polar surface area (TPSA) is 93.5 Å². The Labute approximate surface area is 220 Å². The molecular formula is C26H32ClFN6O3. The summed E-state index contributed by atoms with van der Waals surface area (Å²) in [5.74, 6) is -0.411. The lowest BCUT2D eigenvalue weighted by molar-refractivity contribution is 0.0218. The molecule has 1 amide bonds. The number of carbonyl (C=O) groups is 1. The van der Waals surface area contributed by atoms with E-state index >= 15 is 0 Å². The molecule has 1 aliphatic heterocycles. The maximum atomic E-state index is 14.7. The average Bonchev–Trinajstić information content (AvgIpc) is 2.79. The average molecular weight is 531 g/mol. The lowest BCUT2D eigenvalue weighted by Gasteiger charge is -2.41. The standard InChI is InChI=1S/C26H32ClFN6O3/c1-14(2)19-20(15(3)8-9-29-19)34-23-17(12-18(28)21(27)30-23)22(31-24(34)35)33-11-10-32(13-16(33)4)25(36)37-26(5,6)7/h8-9,12,14,16H,10-11,13H2,1-7H3. The maximum absolute atomic E-state index is 14.7. The normalized spacial score (nSPS) is 16.5. The van der Waals surface area contributed by atoms with Crippen LogP contribution in [0.3, 0.4) is 0 Å². The molecule has 0 spiro atoms. The van der Waals surface area contributed by atoms with E-state index in [0.717, 1.165) is 5.56 Å². The van der Waals surface area contributed by atoms with Gasteiger partial charge in [-0.05, 0) is 58.2 Å². The summed E-state index contributed by atoms with van der Waals surface area (Å²) in [6.07, 6.45) is 1.29. The van der Waals surface area contributed by atoms with E-state index in [1.54, 1.807) is 17.2 Å². The number of nitrogens with zero attached hydrogens (tertiary/aromatic N) is 6. The predicted octanol–water partition coefficient (Wildman–Crippen LogP) is 4.85. The molecule has 1 unspecified atom stereocenters. The number of ether oxygens (including phenoxy) is 1. The van der Waals surface area contributed by atoms with Crippen molar-refractivity contribution in [3.8, 4) is 5.69 Å². The van der Waals surface area contributed by atoms with Gasteiger partial charge in [-0.15, -0.1) is 0 Å². The zero-order valence-corrected chi connectivity index (χ0v) is 22.9. The summed E-state index contributed by atoms with van der Waals surface area (Å²) in [6.45, 7) is 14.3. The van der Waals surface area contributed by atoms with E-state index in [0.29, 0.717) is 42.2 Å². The zero-order valence-electron chi connectivity index (χ0n) is 22.2. The number of aromatic nitrogens is 4. The molecule has 1 fully saturated rings. The van der Waals surface area contributed by atoms with E-state index in [2.05, 4.69) is 15.0 Å². The van der Waals surface area contributed by atoms with Crippen LogP contribution < -0.4 is 10.6 Å². The van der Waals surface area contributed by atoms with Crippen LogP contribution in [0.4, 0.5) is 15.0 Å². The molecule has 4 heterocycles. The highest BCUT2D eigenvalue weighted by atomic mass is 35.5. The van der Waals surface area contributed by atoms with Gasteiger partial charge in [-0.1, -0.05) is 25.4 Å². The number of amides is 1. The Hall–Kier alpha value is -3.27. The van der Waals surface area contributed by atoms with Crippen molar-refractivity contribution < 1.29 is 13.9 Å². The smallest absolute Gasteiger partial charge is 0.410 e. The quantitative estimate of drug-likeness (QED) is 0.447. The van der Waals surface area contributed by atoms with Crippen LogP contribution in [-0.4, -0.2) is 61.8 Å². The number of hydrogen-bond acceptors (Lipinski definition) is 7. The molecule has 3 aromatic rings. The van der Waals surface area contributed by atoms with Gasteiger partial charge < -0.3 is 14.5 Å². The van der Waals surface area contributed by atoms with Crippen molar-refractivity contribution in [1.82, 2.24) is 24.4 Å². The van der Waals surface area contributed by atoms with Crippen LogP contribution in [0.2, 0.25) is 5.15 Å². The molecule has 11 heteroatoms. The van der Waals surface area contributed by atoms with Crippen molar-refractivity contribution in [2.24, 2.45) is 0 Å². The summed E-state index contributed by atoms with van der Waals surface area (Å²) in [6, 6.07) is 2.84. The fraction of sp³-hybridized carbons (Fsp3) is 0.500. The van der Waals surface area contributed by atoms with Gasteiger partial charge in [0, 0.05) is 31.9 Å². The third kappa shape index (κ3) is 5.25. The van der Waals surface area contributed by atoms with Gasteiger partial charge in [0.2, 0.25) is 0 Å². The summed E-state index contributed by atoms with van der Waals surface area (Å²) < 4.78 is 21.6. The van der Waals surface area contributed by atoms with E-state index in [1.165, 1.54) is 10.6 Å². The van der Waals surface area contributed by atoms with Gasteiger partial charge in [-0.25, -0.2) is 23.5 Å². The third-order valence-corrected chi connectivity index (χ3v) is 6.50. The molecule has 3 aromatic heterocycles. The second-order valence-corrected chi connectivity index (χ2v) is 11.0. The number of anilines is 1. The SMILES string of the molecule is Cc1ccnc(C(C)C)c1-n1c(=O)nc(N2CCN(C(=O)OC(C)(C)C)CC2C)c2cc(F)c(Cl)nc21. The maximum Gasteiger partial charge on any atom is 0.410 e. The molecule has 198 valence electrons. The Morgan fingerprint density at radius 1 is 1.24 bits per heavy atom. The highest BCUT2D eigenvalue weighted by molar-refractivity contribution is 6.30. The van der Waals surface area contributed by atoms with E-state index in [-0.39, 0.29) is 22.8 Å². The summed E-state index contributed by atoms with van der Waals surface area (Å²) >= 11 is 6.11. The van der Waals surface area contributed by atoms with Gasteiger partial charge in [0.15, 0.2) is 16.6 Å². The molecule has 1 aliphatic rings. The Bertz CT molecular complexity index is 1420. The Morgan fingerprint density at radius 3 is 2.57 bits per heavy atom. The minimum absolute atomic E-state index is 0.00778. The number of carbonyl (C=O) groups excluding carboxylic acids is 1. The van der Waals surface area contributed by atoms with E-state index in [9.17, 15) is 14.0 Å². The predicted molar refractivity (Wildman–Crippen MR) is 141 cm³/mol. The molecule has 0 bridgehead atoms. The van der Waals surface area contributed by atoms with Crippen LogP contribution >= 0.6 is 11.6 Å². The zero-order chi connectivity index (χ0) is 27.2. The lowest BCUT2D eigenvalue weighted by atomic mass is 10.0. The van der Waals surface area contributed by atoms with E-state index < -0.39 is 23.2 Å². The molecule has 1 atom stereocenters. The molecule has 0 aliphatic carbocycles. The number of piperazine rings is 1. The number of rotatable bonds is 3. The minimum Gasteiger partial charge on any atom is -0.444 e. The van der Waals surface area contributed by atoms with Crippen molar-refractivity contribution in [3.63, 3.8) is 0 Å². The number of pyridine rings is 2. The molecule has 9 nitrogen and oxygen atoms in total. The second-order valence-electron chi connectivity index (χ2n) is 10.7. The van der Waals surface area contributed by atoms with Crippen LogP contribution in [0.15, 0.2) is 23.1 Å². The van der Waals surface area contributed by atoms with Gasteiger partial charge in [0.25, 0.3) is 0 Å². The molecule has 37 heavy (non-hydrogen) atoms. The van der Waals surface area contributed by atoms with E-state index in [1.807, 2.05) is 53.4 Å². The van der Waals surface area contributed by atoms with Crippen LogP contribution in [0.1, 0.15) is 58.7 Å². The fourth-order valence-corrected chi connectivity index (χ4v) is 4.69. The van der Waals surface area contributed by atoms with Gasteiger partial charge in [-0.3, -0.25) is 4.98 Å². The second kappa shape index (κ2) is 9.89. The van der Waals surface area contributed by atoms with Crippen molar-refractivity contribution in [1.29, 1.82) is 0 Å². The van der Waals surface area contributed by atoms with Crippen LogP contribution in [-0.2, 0) is 4.74 Å². The van der Waals surface area contributed by atoms with Crippen LogP contribution in [0, 0.1) is 12.7 Å². The van der Waals surface area contributed by atoms with Gasteiger partial charge in [0.1, 0.15) is 11.4 Å². The van der Waals surface area contributed by atoms with Crippen LogP contribution in [0.25, 0.3) is 16.7 Å². The number of aryl methyl sites for hydroxylation is 1. The van der Waals surface area contributed by atoms with Gasteiger partial charge >= 0.3 is 11.8 Å². The van der Waals surface area contributed by atoms with Crippen molar-refractivity contribution >= 4 is 34.5 Å². The molecule has 0 saturated carbocycles. The highest BCUT2D eigenvalue weighted by Gasteiger charge is 2.32. The first-order chi connectivity index (χ1) is 17.3. The summed E-state index contributed by atoms with van der Waals surface area (Å²) in [5, 5.41) is 0.00487. The van der Waals surface area contributed by atoms with Gasteiger partial charge in [-0.2, -0.15) is 4.98 Å². The number of fused-ring (bicyclic) bond motifs is 1.